The van der Waals surface area contributed by atoms with Crippen LogP contribution in [0.15, 0.2) is 24.3 Å². The maximum absolute atomic E-state index is 6.13. The molecular weight excluding hydrogens is 325 g/mol. The lowest BCUT2D eigenvalue weighted by Gasteiger charge is -2.08. The van der Waals surface area contributed by atoms with Gasteiger partial charge in [-0.3, -0.25) is 0 Å². The van der Waals surface area contributed by atoms with Crippen molar-refractivity contribution < 1.29 is 4.74 Å². The minimum atomic E-state index is 0.475. The fourth-order valence-electron chi connectivity index (χ4n) is 2.10. The van der Waals surface area contributed by atoms with Crippen molar-refractivity contribution in [2.45, 2.75) is 39.0 Å². The van der Waals surface area contributed by atoms with Crippen molar-refractivity contribution in [2.24, 2.45) is 0 Å². The largest absolute Gasteiger partial charge is 0.487 e. The van der Waals surface area contributed by atoms with E-state index in [0.717, 1.165) is 12.6 Å². The van der Waals surface area contributed by atoms with Crippen LogP contribution in [-0.4, -0.2) is 6.04 Å². The number of ether oxygens (including phenoxy) is 1. The average molecular weight is 342 g/mol. The second kappa shape index (κ2) is 6.57. The number of thiophene rings is 1. The molecule has 0 unspecified atom stereocenters. The predicted octanol–water partition coefficient (Wildman–Crippen LogP) is 5.19. The Morgan fingerprint density at radius 2 is 2.14 bits per heavy atom. The van der Waals surface area contributed by atoms with Crippen molar-refractivity contribution >= 4 is 34.5 Å². The normalized spacial score (nSPS) is 14.4. The summed E-state index contributed by atoms with van der Waals surface area (Å²) in [6.07, 6.45) is 2.63. The Balaban J connectivity index is 1.62. The van der Waals surface area contributed by atoms with Gasteiger partial charge >= 0.3 is 0 Å². The summed E-state index contributed by atoms with van der Waals surface area (Å²) < 4.78 is 5.81. The number of hydrogen-bond acceptors (Lipinski definition) is 3. The van der Waals surface area contributed by atoms with Gasteiger partial charge in [0.05, 0.1) is 5.02 Å². The molecule has 1 aliphatic carbocycles. The molecule has 0 amide bonds. The summed E-state index contributed by atoms with van der Waals surface area (Å²) in [5.41, 5.74) is 1.21. The maximum atomic E-state index is 6.13. The Morgan fingerprint density at radius 3 is 2.90 bits per heavy atom. The zero-order chi connectivity index (χ0) is 14.8. The van der Waals surface area contributed by atoms with Crippen molar-refractivity contribution in [3.63, 3.8) is 0 Å². The second-order valence-corrected chi connectivity index (χ2v) is 7.42. The fraction of sp³-hybridized carbons (Fsp3) is 0.375. The van der Waals surface area contributed by atoms with Gasteiger partial charge in [-0.15, -0.1) is 11.3 Å². The van der Waals surface area contributed by atoms with Crippen LogP contribution in [0.3, 0.4) is 0 Å². The van der Waals surface area contributed by atoms with Gasteiger partial charge in [0.15, 0.2) is 0 Å². The molecule has 0 bridgehead atoms. The lowest BCUT2D eigenvalue weighted by molar-refractivity contribution is 0.306. The van der Waals surface area contributed by atoms with Crippen molar-refractivity contribution in [1.82, 2.24) is 5.32 Å². The molecule has 0 radical (unpaired) electrons. The molecule has 1 aromatic heterocycles. The summed E-state index contributed by atoms with van der Waals surface area (Å²) in [5.74, 6) is 0.632. The van der Waals surface area contributed by atoms with Crippen molar-refractivity contribution in [3.8, 4) is 5.75 Å². The number of nitrogens with one attached hydrogen (secondary N) is 1. The zero-order valence-electron chi connectivity index (χ0n) is 11.8. The van der Waals surface area contributed by atoms with Gasteiger partial charge in [-0.2, -0.15) is 0 Å². The van der Waals surface area contributed by atoms with Crippen LogP contribution in [0, 0.1) is 6.92 Å². The van der Waals surface area contributed by atoms with E-state index in [1.165, 1.54) is 28.2 Å². The van der Waals surface area contributed by atoms with E-state index in [1.54, 1.807) is 6.07 Å². The molecule has 1 saturated carbocycles. The molecule has 2 nitrogen and oxygen atoms in total. The highest BCUT2D eigenvalue weighted by Gasteiger charge is 2.20. The van der Waals surface area contributed by atoms with Gasteiger partial charge < -0.3 is 10.1 Å². The summed E-state index contributed by atoms with van der Waals surface area (Å²) >= 11 is 13.9. The lowest BCUT2D eigenvalue weighted by Crippen LogP contribution is -2.14. The molecule has 1 heterocycles. The van der Waals surface area contributed by atoms with Crippen LogP contribution in [0.5, 0.6) is 5.75 Å². The SMILES string of the molecule is Cc1sc(CNC2CC2)cc1COc1cccc(Cl)c1Cl. The Morgan fingerprint density at radius 1 is 1.33 bits per heavy atom. The standard InChI is InChI=1S/C16H17Cl2NOS/c1-10-11(7-13(21-10)8-19-12-5-6-12)9-20-15-4-2-3-14(17)16(15)18/h2-4,7,12,19H,5-6,8-9H2,1H3. The lowest BCUT2D eigenvalue weighted by atomic mass is 10.2. The van der Waals surface area contributed by atoms with Crippen molar-refractivity contribution in [3.05, 3.63) is 49.6 Å². The highest BCUT2D eigenvalue weighted by molar-refractivity contribution is 7.12. The molecule has 0 spiro atoms. The monoisotopic (exact) mass is 341 g/mol. The van der Waals surface area contributed by atoms with Crippen LogP contribution in [-0.2, 0) is 13.2 Å². The molecule has 112 valence electrons. The van der Waals surface area contributed by atoms with Gasteiger partial charge in [0.2, 0.25) is 0 Å². The number of benzene rings is 1. The topological polar surface area (TPSA) is 21.3 Å². The smallest absolute Gasteiger partial charge is 0.139 e. The third-order valence-corrected chi connectivity index (χ3v) is 5.41. The Bertz CT molecular complexity index is 637. The zero-order valence-corrected chi connectivity index (χ0v) is 14.1. The maximum Gasteiger partial charge on any atom is 0.139 e. The van der Waals surface area contributed by atoms with Crippen LogP contribution in [0.4, 0.5) is 0 Å². The van der Waals surface area contributed by atoms with Crippen LogP contribution in [0.25, 0.3) is 0 Å². The first kappa shape index (κ1) is 15.2. The highest BCUT2D eigenvalue weighted by atomic mass is 35.5. The first-order valence-electron chi connectivity index (χ1n) is 7.02. The van der Waals surface area contributed by atoms with Crippen molar-refractivity contribution in [1.29, 1.82) is 0 Å². The Hall–Kier alpha value is -0.740. The summed E-state index contributed by atoms with van der Waals surface area (Å²) in [6, 6.07) is 8.39. The Labute approximate surface area is 139 Å². The van der Waals surface area contributed by atoms with Gasteiger partial charge in [-0.1, -0.05) is 29.3 Å². The molecule has 5 heteroatoms. The minimum absolute atomic E-state index is 0.475. The average Bonchev–Trinajstić information content (AvgIpc) is 3.22. The van der Waals surface area contributed by atoms with Gasteiger partial charge in [0.25, 0.3) is 0 Å². The van der Waals surface area contributed by atoms with Gasteiger partial charge in [-0.25, -0.2) is 0 Å². The first-order valence-corrected chi connectivity index (χ1v) is 8.59. The van der Waals surface area contributed by atoms with E-state index in [0.29, 0.717) is 22.4 Å². The molecule has 1 fully saturated rings. The third kappa shape index (κ3) is 3.92. The van der Waals surface area contributed by atoms with Crippen LogP contribution < -0.4 is 10.1 Å². The number of aryl methyl sites for hydroxylation is 1. The van der Waals surface area contributed by atoms with E-state index < -0.39 is 0 Å². The molecule has 3 rings (SSSR count). The summed E-state index contributed by atoms with van der Waals surface area (Å²) in [4.78, 5) is 2.65. The molecule has 0 aliphatic heterocycles. The number of rotatable bonds is 6. The van der Waals surface area contributed by atoms with E-state index in [4.69, 9.17) is 27.9 Å². The summed E-state index contributed by atoms with van der Waals surface area (Å²) in [5, 5.41) is 4.53. The molecule has 21 heavy (non-hydrogen) atoms. The number of halogens is 2. The van der Waals surface area contributed by atoms with Crippen LogP contribution in [0.1, 0.15) is 28.2 Å². The van der Waals surface area contributed by atoms with E-state index in [1.807, 2.05) is 23.5 Å². The van der Waals surface area contributed by atoms with Crippen LogP contribution in [0.2, 0.25) is 10.0 Å². The van der Waals surface area contributed by atoms with E-state index in [-0.39, 0.29) is 0 Å². The second-order valence-electron chi connectivity index (χ2n) is 5.29. The summed E-state index contributed by atoms with van der Waals surface area (Å²) in [7, 11) is 0. The van der Waals surface area contributed by atoms with E-state index in [2.05, 4.69) is 18.3 Å². The summed E-state index contributed by atoms with van der Waals surface area (Å²) in [6.45, 7) is 3.60. The van der Waals surface area contributed by atoms with Gasteiger partial charge in [-0.05, 0) is 38.0 Å². The molecule has 1 N–H and O–H groups in total. The molecular formula is C16H17Cl2NOS. The van der Waals surface area contributed by atoms with Crippen LogP contribution >= 0.6 is 34.5 Å². The van der Waals surface area contributed by atoms with E-state index >= 15 is 0 Å². The first-order chi connectivity index (χ1) is 10.1. The molecule has 2 aromatic rings. The minimum Gasteiger partial charge on any atom is -0.487 e. The number of hydrogen-bond donors (Lipinski definition) is 1. The highest BCUT2D eigenvalue weighted by Crippen LogP contribution is 2.32. The molecule has 1 aromatic carbocycles. The molecule has 0 atom stereocenters. The molecule has 0 saturated heterocycles. The fourth-order valence-corrected chi connectivity index (χ4v) is 3.45. The van der Waals surface area contributed by atoms with E-state index in [9.17, 15) is 0 Å². The van der Waals surface area contributed by atoms with Crippen molar-refractivity contribution in [2.75, 3.05) is 0 Å². The van der Waals surface area contributed by atoms with Gasteiger partial charge in [0.1, 0.15) is 17.4 Å². The third-order valence-electron chi connectivity index (χ3n) is 3.51. The quantitative estimate of drug-likeness (QED) is 0.780. The van der Waals surface area contributed by atoms with Gasteiger partial charge in [0, 0.05) is 27.9 Å². The molecule has 1 aliphatic rings. The Kier molecular flexibility index (Phi) is 4.75. The predicted molar refractivity (Wildman–Crippen MR) is 89.7 cm³/mol.